The first kappa shape index (κ1) is 17.4. The van der Waals surface area contributed by atoms with Crippen molar-refractivity contribution < 1.29 is 19.0 Å². The number of aromatic nitrogens is 1. The van der Waals surface area contributed by atoms with Crippen molar-refractivity contribution in [2.24, 2.45) is 0 Å². The summed E-state index contributed by atoms with van der Waals surface area (Å²) < 4.78 is 22.9. The Kier molecular flexibility index (Phi) is 3.82. The van der Waals surface area contributed by atoms with E-state index in [1.807, 2.05) is 6.92 Å². The molecular formula is C20H20FN3O4. The minimum absolute atomic E-state index is 0.0423. The number of carboxylic acid groups (broad SMARTS) is 1. The number of halogens is 1. The summed E-state index contributed by atoms with van der Waals surface area (Å²) >= 11 is 0. The smallest absolute Gasteiger partial charge is 0.341 e. The monoisotopic (exact) mass is 385 g/mol. The van der Waals surface area contributed by atoms with Crippen LogP contribution < -0.4 is 15.5 Å². The van der Waals surface area contributed by atoms with Gasteiger partial charge in [0.05, 0.1) is 22.5 Å². The summed E-state index contributed by atoms with van der Waals surface area (Å²) in [6.07, 6.45) is 3.41. The Hall–Kier alpha value is -2.71. The number of nitrogens with zero attached hydrogens (tertiary/aromatic N) is 2. The minimum Gasteiger partial charge on any atom is -0.488 e. The molecule has 0 amide bonds. The molecule has 146 valence electrons. The predicted molar refractivity (Wildman–Crippen MR) is 102 cm³/mol. The second kappa shape index (κ2) is 6.15. The SMILES string of the molecule is C[C@H]1COc2c(C3=CC4CNCCN4C3)c(F)cc3c(=O)c(C(=O)O)cn1c23. The number of piperazine rings is 1. The third-order valence-electron chi connectivity index (χ3n) is 5.88. The number of fused-ring (bicyclic) bond motifs is 1. The van der Waals surface area contributed by atoms with Crippen LogP contribution in [0.1, 0.15) is 28.9 Å². The van der Waals surface area contributed by atoms with Crippen LogP contribution in [0.5, 0.6) is 5.75 Å². The molecule has 4 heterocycles. The first-order valence-electron chi connectivity index (χ1n) is 9.39. The molecule has 28 heavy (non-hydrogen) atoms. The first-order chi connectivity index (χ1) is 13.5. The highest BCUT2D eigenvalue weighted by molar-refractivity contribution is 5.97. The highest BCUT2D eigenvalue weighted by Crippen LogP contribution is 2.41. The van der Waals surface area contributed by atoms with Crippen molar-refractivity contribution in [2.75, 3.05) is 32.8 Å². The van der Waals surface area contributed by atoms with Gasteiger partial charge in [0.15, 0.2) is 5.75 Å². The van der Waals surface area contributed by atoms with E-state index in [9.17, 15) is 14.7 Å². The van der Waals surface area contributed by atoms with Crippen molar-refractivity contribution in [3.8, 4) is 5.75 Å². The number of benzene rings is 1. The Morgan fingerprint density at radius 1 is 1.43 bits per heavy atom. The van der Waals surface area contributed by atoms with Crippen molar-refractivity contribution in [1.82, 2.24) is 14.8 Å². The lowest BCUT2D eigenvalue weighted by Gasteiger charge is -2.30. The summed E-state index contributed by atoms with van der Waals surface area (Å²) in [5.74, 6) is -1.54. The molecule has 0 saturated carbocycles. The highest BCUT2D eigenvalue weighted by Gasteiger charge is 2.33. The normalized spacial score (nSPS) is 24.0. The third-order valence-corrected chi connectivity index (χ3v) is 5.88. The lowest BCUT2D eigenvalue weighted by molar-refractivity contribution is 0.0694. The molecule has 0 spiro atoms. The van der Waals surface area contributed by atoms with Crippen LogP contribution >= 0.6 is 0 Å². The molecule has 1 aromatic heterocycles. The summed E-state index contributed by atoms with van der Waals surface area (Å²) in [5.41, 5.74) is 0.644. The predicted octanol–water partition coefficient (Wildman–Crippen LogP) is 1.46. The molecule has 2 atom stereocenters. The van der Waals surface area contributed by atoms with Crippen molar-refractivity contribution >= 4 is 22.4 Å². The molecule has 1 saturated heterocycles. The molecule has 0 radical (unpaired) electrons. The van der Waals surface area contributed by atoms with Gasteiger partial charge in [0.2, 0.25) is 5.43 Å². The summed E-state index contributed by atoms with van der Waals surface area (Å²) in [7, 11) is 0. The highest BCUT2D eigenvalue weighted by atomic mass is 19.1. The van der Waals surface area contributed by atoms with Crippen molar-refractivity contribution in [3.63, 3.8) is 0 Å². The first-order valence-corrected chi connectivity index (χ1v) is 9.39. The zero-order valence-electron chi connectivity index (χ0n) is 15.4. The van der Waals surface area contributed by atoms with E-state index >= 15 is 4.39 Å². The van der Waals surface area contributed by atoms with E-state index in [-0.39, 0.29) is 29.6 Å². The molecule has 5 rings (SSSR count). The van der Waals surface area contributed by atoms with E-state index < -0.39 is 17.2 Å². The Morgan fingerprint density at radius 3 is 3.00 bits per heavy atom. The van der Waals surface area contributed by atoms with Crippen LogP contribution in [-0.2, 0) is 0 Å². The molecule has 1 fully saturated rings. The van der Waals surface area contributed by atoms with Crippen LogP contribution in [0.2, 0.25) is 0 Å². The largest absolute Gasteiger partial charge is 0.488 e. The fourth-order valence-electron chi connectivity index (χ4n) is 4.47. The molecule has 8 heteroatoms. The second-order valence-corrected chi connectivity index (χ2v) is 7.64. The Bertz CT molecular complexity index is 1110. The summed E-state index contributed by atoms with van der Waals surface area (Å²) in [6, 6.07) is 1.21. The van der Waals surface area contributed by atoms with Gasteiger partial charge in [-0.1, -0.05) is 6.08 Å². The number of pyridine rings is 1. The van der Waals surface area contributed by atoms with Crippen LogP contribution in [-0.4, -0.2) is 59.4 Å². The summed E-state index contributed by atoms with van der Waals surface area (Å²) in [4.78, 5) is 26.4. The van der Waals surface area contributed by atoms with Crippen molar-refractivity contribution in [2.45, 2.75) is 19.0 Å². The van der Waals surface area contributed by atoms with Crippen LogP contribution in [0.25, 0.3) is 16.5 Å². The van der Waals surface area contributed by atoms with Gasteiger partial charge in [-0.05, 0) is 18.6 Å². The van der Waals surface area contributed by atoms with Gasteiger partial charge in [-0.15, -0.1) is 0 Å². The minimum atomic E-state index is -1.32. The molecule has 3 aliphatic rings. The van der Waals surface area contributed by atoms with E-state index in [2.05, 4.69) is 16.3 Å². The number of carboxylic acids is 1. The van der Waals surface area contributed by atoms with Crippen LogP contribution in [0.3, 0.4) is 0 Å². The lowest BCUT2D eigenvalue weighted by atomic mass is 9.98. The summed E-state index contributed by atoms with van der Waals surface area (Å²) in [5, 5.41) is 12.8. The fourth-order valence-corrected chi connectivity index (χ4v) is 4.47. The zero-order valence-corrected chi connectivity index (χ0v) is 15.4. The van der Waals surface area contributed by atoms with Gasteiger partial charge in [0.1, 0.15) is 18.0 Å². The van der Waals surface area contributed by atoms with Gasteiger partial charge >= 0.3 is 5.97 Å². The molecule has 2 aromatic rings. The third kappa shape index (κ3) is 2.41. The number of carbonyl (C=O) groups is 1. The van der Waals surface area contributed by atoms with Gasteiger partial charge < -0.3 is 19.7 Å². The van der Waals surface area contributed by atoms with Crippen LogP contribution in [0.4, 0.5) is 4.39 Å². The topological polar surface area (TPSA) is 83.8 Å². The molecule has 1 unspecified atom stereocenters. The standard InChI is InChI=1S/C20H20FN3O4/c1-10-9-28-19-16(11-4-12-6-22-2-3-23(12)7-11)15(21)5-13-17(19)24(10)8-14(18(13)25)20(26)27/h4-5,8,10,12,22H,2-3,6-7,9H2,1H3,(H,26,27)/t10-,12?/m0/s1. The maximum atomic E-state index is 15.2. The number of ether oxygens (including phenoxy) is 1. The van der Waals surface area contributed by atoms with Gasteiger partial charge in [-0.3, -0.25) is 9.69 Å². The Balaban J connectivity index is 1.77. The van der Waals surface area contributed by atoms with Gasteiger partial charge in [-0.25, -0.2) is 9.18 Å². The van der Waals surface area contributed by atoms with E-state index in [1.54, 1.807) is 4.57 Å². The number of hydrogen-bond acceptors (Lipinski definition) is 5. The van der Waals surface area contributed by atoms with Gasteiger partial charge in [0, 0.05) is 38.4 Å². The van der Waals surface area contributed by atoms with E-state index in [1.165, 1.54) is 6.20 Å². The number of nitrogens with one attached hydrogen (secondary N) is 1. The molecule has 1 aromatic carbocycles. The zero-order chi connectivity index (χ0) is 19.6. The molecule has 7 nitrogen and oxygen atoms in total. The number of hydrogen-bond donors (Lipinski definition) is 2. The maximum Gasteiger partial charge on any atom is 0.341 e. The quantitative estimate of drug-likeness (QED) is 0.815. The maximum absolute atomic E-state index is 15.2. The van der Waals surface area contributed by atoms with Crippen LogP contribution in [0.15, 0.2) is 23.1 Å². The van der Waals surface area contributed by atoms with Crippen molar-refractivity contribution in [1.29, 1.82) is 0 Å². The van der Waals surface area contributed by atoms with Gasteiger partial charge in [0.25, 0.3) is 0 Å². The van der Waals surface area contributed by atoms with E-state index in [0.29, 0.717) is 23.4 Å². The van der Waals surface area contributed by atoms with Crippen molar-refractivity contribution in [3.05, 3.63) is 45.5 Å². The van der Waals surface area contributed by atoms with Crippen LogP contribution in [0, 0.1) is 5.82 Å². The molecular weight excluding hydrogens is 365 g/mol. The number of rotatable bonds is 2. The number of aromatic carboxylic acids is 1. The Morgan fingerprint density at radius 2 is 2.25 bits per heavy atom. The summed E-state index contributed by atoms with van der Waals surface area (Å²) in [6.45, 7) is 5.39. The average molecular weight is 385 g/mol. The molecule has 0 aliphatic carbocycles. The molecule has 0 bridgehead atoms. The lowest BCUT2D eigenvalue weighted by Crippen LogP contribution is -2.47. The average Bonchev–Trinajstić information content (AvgIpc) is 3.09. The Labute approximate surface area is 160 Å². The van der Waals surface area contributed by atoms with E-state index in [4.69, 9.17) is 4.74 Å². The van der Waals surface area contributed by atoms with Gasteiger partial charge in [-0.2, -0.15) is 0 Å². The molecule has 3 aliphatic heterocycles. The second-order valence-electron chi connectivity index (χ2n) is 7.64. The molecule has 2 N–H and O–H groups in total. The van der Waals surface area contributed by atoms with E-state index in [0.717, 1.165) is 31.3 Å². The fraction of sp³-hybridized carbons (Fsp3) is 0.400.